The van der Waals surface area contributed by atoms with Crippen molar-refractivity contribution in [3.05, 3.63) is 22.2 Å². The van der Waals surface area contributed by atoms with Crippen LogP contribution in [0, 0.1) is 6.92 Å². The van der Waals surface area contributed by atoms with Crippen LogP contribution in [0.25, 0.3) is 0 Å². The summed E-state index contributed by atoms with van der Waals surface area (Å²) in [6, 6.07) is 1.84. The number of aldehydes is 1. The van der Waals surface area contributed by atoms with Crippen LogP contribution < -0.4 is 9.47 Å². The zero-order chi connectivity index (χ0) is 10.8. The van der Waals surface area contributed by atoms with Gasteiger partial charge in [0.05, 0.1) is 5.02 Å². The summed E-state index contributed by atoms with van der Waals surface area (Å²) in [5, 5.41) is 0.550. The number of hydrogen-bond donors (Lipinski definition) is 0. The van der Waals surface area contributed by atoms with Crippen LogP contribution in [-0.4, -0.2) is 13.1 Å². The monoisotopic (exact) mass is 226 g/mol. The molecule has 1 aromatic rings. The van der Waals surface area contributed by atoms with E-state index in [1.807, 2.05) is 13.0 Å². The molecular weight excluding hydrogens is 216 g/mol. The lowest BCUT2D eigenvalue weighted by atomic mass is 10.0. The Kier molecular flexibility index (Phi) is 2.82. The summed E-state index contributed by atoms with van der Waals surface area (Å²) in [6.45, 7) is 2.16. The first-order valence-corrected chi connectivity index (χ1v) is 5.13. The highest BCUT2D eigenvalue weighted by Crippen LogP contribution is 2.43. The molecule has 4 heteroatoms. The molecule has 15 heavy (non-hydrogen) atoms. The summed E-state index contributed by atoms with van der Waals surface area (Å²) in [7, 11) is 0. The van der Waals surface area contributed by atoms with Gasteiger partial charge in [-0.3, -0.25) is 0 Å². The lowest BCUT2D eigenvalue weighted by Crippen LogP contribution is -1.94. The van der Waals surface area contributed by atoms with Gasteiger partial charge in [0, 0.05) is 6.42 Å². The summed E-state index contributed by atoms with van der Waals surface area (Å²) in [4.78, 5) is 10.3. The number of aryl methyl sites for hydroxylation is 1. The van der Waals surface area contributed by atoms with E-state index in [0.29, 0.717) is 29.4 Å². The summed E-state index contributed by atoms with van der Waals surface area (Å²) in [5.74, 6) is 1.33. The van der Waals surface area contributed by atoms with Gasteiger partial charge in [0.1, 0.15) is 6.29 Å². The van der Waals surface area contributed by atoms with E-state index < -0.39 is 0 Å². The molecule has 2 rings (SSSR count). The van der Waals surface area contributed by atoms with Crippen LogP contribution in [0.5, 0.6) is 11.5 Å². The number of ether oxygens (including phenoxy) is 2. The third-order valence-corrected chi connectivity index (χ3v) is 2.77. The minimum atomic E-state index is 0.215. The van der Waals surface area contributed by atoms with Crippen molar-refractivity contribution in [2.24, 2.45) is 0 Å². The molecule has 0 radical (unpaired) electrons. The molecule has 0 unspecified atom stereocenters. The molecule has 1 aromatic carbocycles. The largest absolute Gasteiger partial charge is 0.453 e. The second kappa shape index (κ2) is 4.11. The van der Waals surface area contributed by atoms with E-state index in [-0.39, 0.29) is 6.79 Å². The average molecular weight is 227 g/mol. The van der Waals surface area contributed by atoms with E-state index in [9.17, 15) is 4.79 Å². The van der Waals surface area contributed by atoms with E-state index in [1.165, 1.54) is 0 Å². The molecule has 0 amide bonds. The second-order valence-corrected chi connectivity index (χ2v) is 3.82. The van der Waals surface area contributed by atoms with Gasteiger partial charge in [-0.1, -0.05) is 11.6 Å². The van der Waals surface area contributed by atoms with Gasteiger partial charge in [0.25, 0.3) is 0 Å². The SMILES string of the molecule is Cc1c(CCC=O)cc(Cl)c2c1OCO2. The molecule has 0 saturated carbocycles. The smallest absolute Gasteiger partial charge is 0.231 e. The number of carbonyl (C=O) groups excluding carboxylic acids is 1. The summed E-state index contributed by atoms with van der Waals surface area (Å²) >= 11 is 6.03. The summed E-state index contributed by atoms with van der Waals surface area (Å²) in [5.41, 5.74) is 2.05. The van der Waals surface area contributed by atoms with Gasteiger partial charge in [-0.2, -0.15) is 0 Å². The molecule has 0 bridgehead atoms. The van der Waals surface area contributed by atoms with E-state index in [0.717, 1.165) is 17.4 Å². The number of halogens is 1. The average Bonchev–Trinajstić information content (AvgIpc) is 2.70. The topological polar surface area (TPSA) is 35.5 Å². The van der Waals surface area contributed by atoms with Gasteiger partial charge in [-0.15, -0.1) is 0 Å². The highest BCUT2D eigenvalue weighted by molar-refractivity contribution is 6.32. The number of benzene rings is 1. The summed E-state index contributed by atoms with van der Waals surface area (Å²) in [6.07, 6.45) is 2.08. The molecule has 1 aliphatic heterocycles. The van der Waals surface area contributed by atoms with Gasteiger partial charge >= 0.3 is 0 Å². The maximum absolute atomic E-state index is 10.3. The molecule has 0 atom stereocenters. The molecule has 0 aromatic heterocycles. The lowest BCUT2D eigenvalue weighted by Gasteiger charge is -2.08. The van der Waals surface area contributed by atoms with E-state index in [4.69, 9.17) is 21.1 Å². The first-order valence-electron chi connectivity index (χ1n) is 4.75. The predicted molar refractivity (Wildman–Crippen MR) is 56.7 cm³/mol. The molecule has 1 aliphatic rings. The van der Waals surface area contributed by atoms with E-state index in [2.05, 4.69) is 0 Å². The molecule has 0 fully saturated rings. The van der Waals surface area contributed by atoms with Crippen molar-refractivity contribution >= 4 is 17.9 Å². The van der Waals surface area contributed by atoms with Gasteiger partial charge in [-0.25, -0.2) is 0 Å². The first-order chi connectivity index (χ1) is 7.24. The Morgan fingerprint density at radius 3 is 2.93 bits per heavy atom. The van der Waals surface area contributed by atoms with Gasteiger partial charge in [0.15, 0.2) is 11.5 Å². The summed E-state index contributed by atoms with van der Waals surface area (Å²) < 4.78 is 10.6. The van der Waals surface area contributed by atoms with Crippen LogP contribution in [0.3, 0.4) is 0 Å². The highest BCUT2D eigenvalue weighted by Gasteiger charge is 2.21. The molecule has 0 spiro atoms. The van der Waals surface area contributed by atoms with Gasteiger partial charge < -0.3 is 14.3 Å². The fraction of sp³-hybridized carbons (Fsp3) is 0.364. The Morgan fingerprint density at radius 1 is 1.47 bits per heavy atom. The van der Waals surface area contributed by atoms with Crippen molar-refractivity contribution in [3.63, 3.8) is 0 Å². The second-order valence-electron chi connectivity index (χ2n) is 3.41. The normalized spacial score (nSPS) is 12.9. The number of fused-ring (bicyclic) bond motifs is 1. The molecular formula is C11H11ClO3. The van der Waals surface area contributed by atoms with Crippen molar-refractivity contribution in [3.8, 4) is 11.5 Å². The quantitative estimate of drug-likeness (QED) is 0.743. The Hall–Kier alpha value is -1.22. The number of hydrogen-bond acceptors (Lipinski definition) is 3. The van der Waals surface area contributed by atoms with Crippen molar-refractivity contribution in [2.45, 2.75) is 19.8 Å². The van der Waals surface area contributed by atoms with Gasteiger partial charge in [-0.05, 0) is 30.5 Å². The Balaban J connectivity index is 2.40. The van der Waals surface area contributed by atoms with Crippen LogP contribution in [0.1, 0.15) is 17.5 Å². The van der Waals surface area contributed by atoms with Crippen molar-refractivity contribution in [1.29, 1.82) is 0 Å². The fourth-order valence-corrected chi connectivity index (χ4v) is 1.95. The van der Waals surface area contributed by atoms with E-state index >= 15 is 0 Å². The molecule has 0 N–H and O–H groups in total. The maximum Gasteiger partial charge on any atom is 0.231 e. The predicted octanol–water partition coefficient (Wildman–Crippen LogP) is 2.51. The number of rotatable bonds is 3. The molecule has 80 valence electrons. The molecule has 3 nitrogen and oxygen atoms in total. The Labute approximate surface area is 92.9 Å². The Bertz CT molecular complexity index is 401. The fourth-order valence-electron chi connectivity index (χ4n) is 1.68. The number of carbonyl (C=O) groups is 1. The minimum absolute atomic E-state index is 0.215. The maximum atomic E-state index is 10.3. The van der Waals surface area contributed by atoms with Gasteiger partial charge in [0.2, 0.25) is 6.79 Å². The van der Waals surface area contributed by atoms with Crippen LogP contribution in [0.2, 0.25) is 5.02 Å². The van der Waals surface area contributed by atoms with Crippen molar-refractivity contribution < 1.29 is 14.3 Å². The van der Waals surface area contributed by atoms with Crippen LogP contribution in [0.15, 0.2) is 6.07 Å². The molecule has 0 saturated heterocycles. The van der Waals surface area contributed by atoms with E-state index in [1.54, 1.807) is 0 Å². The van der Waals surface area contributed by atoms with Crippen LogP contribution in [-0.2, 0) is 11.2 Å². The van der Waals surface area contributed by atoms with Crippen molar-refractivity contribution in [1.82, 2.24) is 0 Å². The molecule has 1 heterocycles. The third kappa shape index (κ3) is 1.79. The zero-order valence-corrected chi connectivity index (χ0v) is 9.13. The zero-order valence-electron chi connectivity index (χ0n) is 8.38. The third-order valence-electron chi connectivity index (χ3n) is 2.48. The highest BCUT2D eigenvalue weighted by atomic mass is 35.5. The Morgan fingerprint density at radius 2 is 2.20 bits per heavy atom. The van der Waals surface area contributed by atoms with Crippen LogP contribution in [0.4, 0.5) is 0 Å². The van der Waals surface area contributed by atoms with Crippen LogP contribution >= 0.6 is 11.6 Å². The lowest BCUT2D eigenvalue weighted by molar-refractivity contribution is -0.107. The first kappa shape index (κ1) is 10.3. The minimum Gasteiger partial charge on any atom is -0.453 e. The van der Waals surface area contributed by atoms with Crippen molar-refractivity contribution in [2.75, 3.05) is 6.79 Å². The standard InChI is InChI=1S/C11H11ClO3/c1-7-8(3-2-4-13)5-9(12)11-10(7)14-6-15-11/h4-5H,2-3,6H2,1H3. The molecule has 0 aliphatic carbocycles.